The van der Waals surface area contributed by atoms with Gasteiger partial charge < -0.3 is 15.2 Å². The Kier molecular flexibility index (Phi) is 3.48. The molecule has 0 aliphatic heterocycles. The molecule has 2 N–H and O–H groups in total. The third-order valence-corrected chi connectivity index (χ3v) is 2.48. The number of hydrogen-bond donors (Lipinski definition) is 2. The molecule has 4 nitrogen and oxygen atoms in total. The van der Waals surface area contributed by atoms with E-state index in [0.29, 0.717) is 17.0 Å². The number of rotatable bonds is 3. The first-order valence-corrected chi connectivity index (χ1v) is 5.43. The van der Waals surface area contributed by atoms with Crippen LogP contribution in [0.2, 0.25) is 0 Å². The van der Waals surface area contributed by atoms with Crippen LogP contribution in [0.5, 0.6) is 11.5 Å². The molecule has 92 valence electrons. The van der Waals surface area contributed by atoms with E-state index in [-0.39, 0.29) is 11.7 Å². The molecule has 0 radical (unpaired) electrons. The van der Waals surface area contributed by atoms with E-state index in [4.69, 9.17) is 9.84 Å². The number of phenolic OH excluding ortho intramolecular Hbond substituents is 1. The largest absolute Gasteiger partial charge is 0.508 e. The van der Waals surface area contributed by atoms with Gasteiger partial charge in [-0.3, -0.25) is 4.79 Å². The number of aromatic hydroxyl groups is 1. The van der Waals surface area contributed by atoms with E-state index in [2.05, 4.69) is 5.32 Å². The van der Waals surface area contributed by atoms with E-state index in [0.717, 1.165) is 0 Å². The Balaban J connectivity index is 2.09. The van der Waals surface area contributed by atoms with Gasteiger partial charge in [0, 0.05) is 11.3 Å². The minimum absolute atomic E-state index is 0.164. The first kappa shape index (κ1) is 12.0. The summed E-state index contributed by atoms with van der Waals surface area (Å²) in [7, 11) is 1.57. The van der Waals surface area contributed by atoms with Crippen molar-refractivity contribution in [2.24, 2.45) is 0 Å². The molecule has 18 heavy (non-hydrogen) atoms. The highest BCUT2D eigenvalue weighted by atomic mass is 16.5. The number of carbonyl (C=O) groups excluding carboxylic acids is 1. The van der Waals surface area contributed by atoms with Gasteiger partial charge in [-0.25, -0.2) is 0 Å². The van der Waals surface area contributed by atoms with Gasteiger partial charge in [0.25, 0.3) is 5.91 Å². The Morgan fingerprint density at radius 3 is 2.22 bits per heavy atom. The van der Waals surface area contributed by atoms with Crippen molar-refractivity contribution < 1.29 is 14.6 Å². The number of phenols is 1. The predicted molar refractivity (Wildman–Crippen MR) is 69.1 cm³/mol. The molecule has 2 aromatic rings. The van der Waals surface area contributed by atoms with Crippen molar-refractivity contribution in [2.45, 2.75) is 0 Å². The number of ether oxygens (including phenoxy) is 1. The fourth-order valence-electron chi connectivity index (χ4n) is 1.49. The molecule has 0 heterocycles. The van der Waals surface area contributed by atoms with Gasteiger partial charge in [0.05, 0.1) is 7.11 Å². The Hall–Kier alpha value is -2.49. The van der Waals surface area contributed by atoms with Crippen LogP contribution in [0.15, 0.2) is 48.5 Å². The van der Waals surface area contributed by atoms with Crippen LogP contribution in [0.3, 0.4) is 0 Å². The summed E-state index contributed by atoms with van der Waals surface area (Å²) in [4.78, 5) is 11.9. The number of nitrogens with one attached hydrogen (secondary N) is 1. The molecule has 0 aliphatic rings. The summed E-state index contributed by atoms with van der Waals surface area (Å²) in [6.07, 6.45) is 0. The van der Waals surface area contributed by atoms with Crippen LogP contribution in [-0.4, -0.2) is 18.1 Å². The Morgan fingerprint density at radius 1 is 1.06 bits per heavy atom. The normalized spacial score (nSPS) is 9.83. The summed E-state index contributed by atoms with van der Waals surface area (Å²) in [6.45, 7) is 0. The Morgan fingerprint density at radius 2 is 1.67 bits per heavy atom. The van der Waals surface area contributed by atoms with Crippen LogP contribution < -0.4 is 10.1 Å². The average molecular weight is 243 g/mol. The van der Waals surface area contributed by atoms with E-state index in [9.17, 15) is 4.79 Å². The second-order valence-corrected chi connectivity index (χ2v) is 3.73. The lowest BCUT2D eigenvalue weighted by Crippen LogP contribution is -2.11. The number of hydrogen-bond acceptors (Lipinski definition) is 3. The van der Waals surface area contributed by atoms with Gasteiger partial charge in [-0.1, -0.05) is 0 Å². The van der Waals surface area contributed by atoms with Crippen molar-refractivity contribution in [3.8, 4) is 11.5 Å². The molecular weight excluding hydrogens is 230 g/mol. The van der Waals surface area contributed by atoms with E-state index in [1.807, 2.05) is 0 Å². The van der Waals surface area contributed by atoms with Gasteiger partial charge in [-0.05, 0) is 48.5 Å². The molecule has 0 aliphatic carbocycles. The molecule has 0 unspecified atom stereocenters. The second kappa shape index (κ2) is 5.23. The molecule has 2 aromatic carbocycles. The molecule has 1 amide bonds. The minimum atomic E-state index is -0.205. The zero-order chi connectivity index (χ0) is 13.0. The molecule has 0 spiro atoms. The molecular formula is C14H13NO3. The van der Waals surface area contributed by atoms with E-state index in [1.165, 1.54) is 12.1 Å². The lowest BCUT2D eigenvalue weighted by atomic mass is 10.2. The average Bonchev–Trinajstić information content (AvgIpc) is 2.41. The molecule has 4 heteroatoms. The summed E-state index contributed by atoms with van der Waals surface area (Å²) in [6, 6.07) is 13.1. The SMILES string of the molecule is COc1ccc(C(=O)Nc2ccc(O)cc2)cc1. The minimum Gasteiger partial charge on any atom is -0.508 e. The number of benzene rings is 2. The third-order valence-electron chi connectivity index (χ3n) is 2.48. The molecule has 0 saturated carbocycles. The maximum Gasteiger partial charge on any atom is 0.255 e. The predicted octanol–water partition coefficient (Wildman–Crippen LogP) is 2.65. The first-order valence-electron chi connectivity index (χ1n) is 5.43. The van der Waals surface area contributed by atoms with Crippen LogP contribution >= 0.6 is 0 Å². The highest BCUT2D eigenvalue weighted by Crippen LogP contribution is 2.16. The van der Waals surface area contributed by atoms with Crippen molar-refractivity contribution in [1.29, 1.82) is 0 Å². The lowest BCUT2D eigenvalue weighted by Gasteiger charge is -2.06. The second-order valence-electron chi connectivity index (χ2n) is 3.73. The summed E-state index contributed by atoms with van der Waals surface area (Å²) in [5.41, 5.74) is 1.18. The zero-order valence-electron chi connectivity index (χ0n) is 9.88. The van der Waals surface area contributed by atoms with Gasteiger partial charge in [-0.2, -0.15) is 0 Å². The van der Waals surface area contributed by atoms with Gasteiger partial charge in [0.2, 0.25) is 0 Å². The smallest absolute Gasteiger partial charge is 0.255 e. The fourth-order valence-corrected chi connectivity index (χ4v) is 1.49. The monoisotopic (exact) mass is 243 g/mol. The zero-order valence-corrected chi connectivity index (χ0v) is 9.88. The first-order chi connectivity index (χ1) is 8.69. The van der Waals surface area contributed by atoms with E-state index >= 15 is 0 Å². The molecule has 0 saturated heterocycles. The lowest BCUT2D eigenvalue weighted by molar-refractivity contribution is 0.102. The standard InChI is InChI=1S/C14H13NO3/c1-18-13-8-2-10(3-9-13)14(17)15-11-4-6-12(16)7-5-11/h2-9,16H,1H3,(H,15,17). The fraction of sp³-hybridized carbons (Fsp3) is 0.0714. The molecule has 0 atom stereocenters. The Labute approximate surface area is 105 Å². The van der Waals surface area contributed by atoms with E-state index in [1.54, 1.807) is 43.5 Å². The van der Waals surface area contributed by atoms with E-state index < -0.39 is 0 Å². The maximum atomic E-state index is 11.9. The topological polar surface area (TPSA) is 58.6 Å². The number of methoxy groups -OCH3 is 1. The van der Waals surface area contributed by atoms with Crippen molar-refractivity contribution in [2.75, 3.05) is 12.4 Å². The maximum absolute atomic E-state index is 11.9. The molecule has 0 bridgehead atoms. The number of carbonyl (C=O) groups is 1. The van der Waals surface area contributed by atoms with Crippen LogP contribution in [0.25, 0.3) is 0 Å². The van der Waals surface area contributed by atoms with Crippen LogP contribution in [0, 0.1) is 0 Å². The van der Waals surface area contributed by atoms with Gasteiger partial charge >= 0.3 is 0 Å². The van der Waals surface area contributed by atoms with Gasteiger partial charge in [0.15, 0.2) is 0 Å². The summed E-state index contributed by atoms with van der Waals surface area (Å²) < 4.78 is 5.02. The van der Waals surface area contributed by atoms with Crippen molar-refractivity contribution in [3.63, 3.8) is 0 Å². The van der Waals surface area contributed by atoms with Gasteiger partial charge in [-0.15, -0.1) is 0 Å². The van der Waals surface area contributed by atoms with Crippen molar-refractivity contribution >= 4 is 11.6 Å². The highest BCUT2D eigenvalue weighted by Gasteiger charge is 2.05. The summed E-state index contributed by atoms with van der Waals surface area (Å²) >= 11 is 0. The van der Waals surface area contributed by atoms with Crippen LogP contribution in [-0.2, 0) is 0 Å². The number of anilines is 1. The highest BCUT2D eigenvalue weighted by molar-refractivity contribution is 6.04. The third kappa shape index (κ3) is 2.79. The van der Waals surface area contributed by atoms with Crippen molar-refractivity contribution in [3.05, 3.63) is 54.1 Å². The molecule has 0 aromatic heterocycles. The quantitative estimate of drug-likeness (QED) is 0.815. The van der Waals surface area contributed by atoms with Crippen LogP contribution in [0.1, 0.15) is 10.4 Å². The van der Waals surface area contributed by atoms with Gasteiger partial charge in [0.1, 0.15) is 11.5 Å². The Bertz CT molecular complexity index is 532. The summed E-state index contributed by atoms with van der Waals surface area (Å²) in [5, 5.41) is 11.9. The van der Waals surface area contributed by atoms with Crippen LogP contribution in [0.4, 0.5) is 5.69 Å². The summed E-state index contributed by atoms with van der Waals surface area (Å²) in [5.74, 6) is 0.664. The number of amides is 1. The van der Waals surface area contributed by atoms with Crippen molar-refractivity contribution in [1.82, 2.24) is 0 Å². The molecule has 2 rings (SSSR count). The molecule has 0 fully saturated rings.